The van der Waals surface area contributed by atoms with Crippen LogP contribution in [0.15, 0.2) is 11.6 Å². The van der Waals surface area contributed by atoms with Crippen molar-refractivity contribution in [2.24, 2.45) is 0 Å². The highest BCUT2D eigenvalue weighted by molar-refractivity contribution is 5.05. The van der Waals surface area contributed by atoms with Crippen molar-refractivity contribution in [2.45, 2.75) is 38.7 Å². The fourth-order valence-corrected chi connectivity index (χ4v) is 2.08. The summed E-state index contributed by atoms with van der Waals surface area (Å²) in [7, 11) is 2.00. The third-order valence-corrected chi connectivity index (χ3v) is 3.19. The van der Waals surface area contributed by atoms with E-state index < -0.39 is 0 Å². The van der Waals surface area contributed by atoms with Gasteiger partial charge in [0.1, 0.15) is 0 Å². The number of hydrogen-bond acceptors (Lipinski definition) is 3. The van der Waals surface area contributed by atoms with Crippen LogP contribution >= 0.6 is 0 Å². The van der Waals surface area contributed by atoms with Gasteiger partial charge in [0.15, 0.2) is 0 Å². The van der Waals surface area contributed by atoms with Gasteiger partial charge in [-0.05, 0) is 39.7 Å². The van der Waals surface area contributed by atoms with Gasteiger partial charge in [-0.3, -0.25) is 0 Å². The van der Waals surface area contributed by atoms with Crippen molar-refractivity contribution in [3.05, 3.63) is 11.6 Å². The predicted octanol–water partition coefficient (Wildman–Crippen LogP) is 1.39. The fourth-order valence-electron chi connectivity index (χ4n) is 2.08. The van der Waals surface area contributed by atoms with Crippen molar-refractivity contribution >= 4 is 0 Å². The van der Waals surface area contributed by atoms with Gasteiger partial charge in [0.25, 0.3) is 0 Å². The molecule has 0 spiro atoms. The summed E-state index contributed by atoms with van der Waals surface area (Å²) < 4.78 is 0. The van der Waals surface area contributed by atoms with Crippen LogP contribution in [-0.4, -0.2) is 49.3 Å². The maximum atomic E-state index is 9.28. The van der Waals surface area contributed by atoms with E-state index in [9.17, 15) is 5.11 Å². The zero-order valence-electron chi connectivity index (χ0n) is 10.7. The van der Waals surface area contributed by atoms with Crippen LogP contribution in [0.4, 0.5) is 0 Å². The Hall–Kier alpha value is -0.380. The van der Waals surface area contributed by atoms with Crippen molar-refractivity contribution in [2.75, 3.05) is 33.2 Å². The summed E-state index contributed by atoms with van der Waals surface area (Å²) in [5.41, 5.74) is 1.54. The van der Waals surface area contributed by atoms with E-state index >= 15 is 0 Å². The molecule has 1 aliphatic heterocycles. The number of nitrogens with zero attached hydrogens (tertiary/aromatic N) is 1. The standard InChI is InChI=1S/C13H26N2O/c1-12(16)5-6-13-4-3-9-15(10-7-13)11-8-14-2/h4,12,14,16H,3,5-11H2,1-2H3. The summed E-state index contributed by atoms with van der Waals surface area (Å²) in [5.74, 6) is 0. The lowest BCUT2D eigenvalue weighted by Crippen LogP contribution is -2.31. The van der Waals surface area contributed by atoms with Gasteiger partial charge in [-0.1, -0.05) is 11.6 Å². The third-order valence-electron chi connectivity index (χ3n) is 3.19. The van der Waals surface area contributed by atoms with Crippen LogP contribution in [0.25, 0.3) is 0 Å². The van der Waals surface area contributed by atoms with E-state index in [0.29, 0.717) is 0 Å². The molecule has 1 rings (SSSR count). The second-order valence-corrected chi connectivity index (χ2v) is 4.73. The number of aliphatic hydroxyl groups excluding tert-OH is 1. The molecule has 0 bridgehead atoms. The van der Waals surface area contributed by atoms with Crippen molar-refractivity contribution in [1.82, 2.24) is 10.2 Å². The molecule has 1 unspecified atom stereocenters. The largest absolute Gasteiger partial charge is 0.393 e. The molecule has 0 saturated carbocycles. The second kappa shape index (κ2) is 7.82. The molecule has 1 aliphatic rings. The van der Waals surface area contributed by atoms with Crippen LogP contribution in [0, 0.1) is 0 Å². The van der Waals surface area contributed by atoms with Crippen molar-refractivity contribution in [3.8, 4) is 0 Å². The smallest absolute Gasteiger partial charge is 0.0515 e. The van der Waals surface area contributed by atoms with E-state index in [0.717, 1.165) is 25.9 Å². The van der Waals surface area contributed by atoms with Gasteiger partial charge in [-0.25, -0.2) is 0 Å². The molecule has 0 aromatic heterocycles. The van der Waals surface area contributed by atoms with E-state index in [1.807, 2.05) is 14.0 Å². The normalized spacial score (nSPS) is 20.3. The summed E-state index contributed by atoms with van der Waals surface area (Å²) in [6.07, 6.45) is 6.53. The Balaban J connectivity index is 2.24. The molecule has 0 aromatic carbocycles. The summed E-state index contributed by atoms with van der Waals surface area (Å²) >= 11 is 0. The first-order valence-corrected chi connectivity index (χ1v) is 6.45. The first-order chi connectivity index (χ1) is 7.72. The number of likely N-dealkylation sites (N-methyl/N-ethyl adjacent to an activating group) is 1. The van der Waals surface area contributed by atoms with Gasteiger partial charge < -0.3 is 15.3 Å². The molecule has 16 heavy (non-hydrogen) atoms. The van der Waals surface area contributed by atoms with Crippen molar-refractivity contribution < 1.29 is 5.11 Å². The molecule has 0 fully saturated rings. The van der Waals surface area contributed by atoms with E-state index in [2.05, 4.69) is 16.3 Å². The van der Waals surface area contributed by atoms with E-state index in [4.69, 9.17) is 0 Å². The Labute approximate surface area is 99.5 Å². The van der Waals surface area contributed by atoms with Crippen molar-refractivity contribution in [3.63, 3.8) is 0 Å². The molecule has 0 amide bonds. The highest BCUT2D eigenvalue weighted by Crippen LogP contribution is 2.16. The van der Waals surface area contributed by atoms with Gasteiger partial charge in [-0.2, -0.15) is 0 Å². The van der Waals surface area contributed by atoms with Crippen LogP contribution in [-0.2, 0) is 0 Å². The Kier molecular flexibility index (Phi) is 6.69. The molecule has 2 N–H and O–H groups in total. The lowest BCUT2D eigenvalue weighted by atomic mass is 10.0. The lowest BCUT2D eigenvalue weighted by molar-refractivity contribution is 0.184. The molecule has 3 heteroatoms. The maximum Gasteiger partial charge on any atom is 0.0515 e. The number of rotatable bonds is 6. The Bertz CT molecular complexity index is 214. The van der Waals surface area contributed by atoms with Gasteiger partial charge in [0.2, 0.25) is 0 Å². The monoisotopic (exact) mass is 226 g/mol. The average Bonchev–Trinajstić information content (AvgIpc) is 2.48. The average molecular weight is 226 g/mol. The quantitative estimate of drug-likeness (QED) is 0.672. The van der Waals surface area contributed by atoms with E-state index in [1.165, 1.54) is 31.5 Å². The lowest BCUT2D eigenvalue weighted by Gasteiger charge is -2.19. The summed E-state index contributed by atoms with van der Waals surface area (Å²) in [6.45, 7) is 6.45. The summed E-state index contributed by atoms with van der Waals surface area (Å²) in [4.78, 5) is 2.52. The molecule has 0 radical (unpaired) electrons. The minimum atomic E-state index is -0.162. The van der Waals surface area contributed by atoms with Gasteiger partial charge in [0, 0.05) is 26.2 Å². The molecule has 1 heterocycles. The van der Waals surface area contributed by atoms with E-state index in [-0.39, 0.29) is 6.10 Å². The first-order valence-electron chi connectivity index (χ1n) is 6.45. The maximum absolute atomic E-state index is 9.28. The molecule has 0 aliphatic carbocycles. The zero-order chi connectivity index (χ0) is 11.8. The SMILES string of the molecule is CNCCN1CCC=C(CCC(C)O)CC1. The number of nitrogens with one attached hydrogen (secondary N) is 1. The van der Waals surface area contributed by atoms with Crippen LogP contribution < -0.4 is 5.32 Å². The Morgan fingerprint density at radius 2 is 2.31 bits per heavy atom. The van der Waals surface area contributed by atoms with Gasteiger partial charge in [-0.15, -0.1) is 0 Å². The topological polar surface area (TPSA) is 35.5 Å². The van der Waals surface area contributed by atoms with Crippen LogP contribution in [0.5, 0.6) is 0 Å². The molecular weight excluding hydrogens is 200 g/mol. The highest BCUT2D eigenvalue weighted by atomic mass is 16.3. The van der Waals surface area contributed by atoms with Crippen LogP contribution in [0.3, 0.4) is 0 Å². The van der Waals surface area contributed by atoms with Gasteiger partial charge >= 0.3 is 0 Å². The molecule has 1 atom stereocenters. The number of hydrogen-bond donors (Lipinski definition) is 2. The molecular formula is C13H26N2O. The first kappa shape index (κ1) is 13.7. The Morgan fingerprint density at radius 1 is 1.50 bits per heavy atom. The highest BCUT2D eigenvalue weighted by Gasteiger charge is 2.10. The second-order valence-electron chi connectivity index (χ2n) is 4.73. The van der Waals surface area contributed by atoms with Gasteiger partial charge in [0.05, 0.1) is 6.10 Å². The number of aliphatic hydroxyl groups is 1. The van der Waals surface area contributed by atoms with Crippen LogP contribution in [0.2, 0.25) is 0 Å². The minimum Gasteiger partial charge on any atom is -0.393 e. The molecule has 94 valence electrons. The zero-order valence-corrected chi connectivity index (χ0v) is 10.7. The molecule has 0 saturated heterocycles. The Morgan fingerprint density at radius 3 is 3.00 bits per heavy atom. The predicted molar refractivity (Wildman–Crippen MR) is 68.6 cm³/mol. The third kappa shape index (κ3) is 5.64. The summed E-state index contributed by atoms with van der Waals surface area (Å²) in [5, 5.41) is 12.5. The van der Waals surface area contributed by atoms with Crippen molar-refractivity contribution in [1.29, 1.82) is 0 Å². The molecule has 0 aromatic rings. The summed E-state index contributed by atoms with van der Waals surface area (Å²) in [6, 6.07) is 0. The van der Waals surface area contributed by atoms with Crippen LogP contribution in [0.1, 0.15) is 32.6 Å². The molecule has 3 nitrogen and oxygen atoms in total. The fraction of sp³-hybridized carbons (Fsp3) is 0.846. The minimum absolute atomic E-state index is 0.162. The van der Waals surface area contributed by atoms with E-state index in [1.54, 1.807) is 0 Å².